The molecule has 4 nitrogen and oxygen atoms in total. The van der Waals surface area contributed by atoms with E-state index in [1.807, 2.05) is 31.2 Å². The molecule has 0 saturated carbocycles. The summed E-state index contributed by atoms with van der Waals surface area (Å²) < 4.78 is 10.2. The van der Waals surface area contributed by atoms with Gasteiger partial charge in [-0.25, -0.2) is 0 Å². The van der Waals surface area contributed by atoms with Crippen molar-refractivity contribution in [1.82, 2.24) is 10.5 Å². The summed E-state index contributed by atoms with van der Waals surface area (Å²) in [7, 11) is 0. The predicted molar refractivity (Wildman–Crippen MR) is 64.7 cm³/mol. The molecular formula is C13H16N2O2. The number of aromatic nitrogens is 1. The minimum Gasteiger partial charge on any atom is -0.494 e. The van der Waals surface area contributed by atoms with Gasteiger partial charge in [0.15, 0.2) is 0 Å². The highest BCUT2D eigenvalue weighted by atomic mass is 16.5. The van der Waals surface area contributed by atoms with E-state index < -0.39 is 0 Å². The standard InChI is InChI=1S/C13H16N2O2/c1-2-16-13-5-3-4-11(8-13)9-14-10-12-6-7-17-15-12/h3-8,14H,2,9-10H2,1H3. The Kier molecular flexibility index (Phi) is 4.16. The Labute approximate surface area is 101 Å². The lowest BCUT2D eigenvalue weighted by Gasteiger charge is -2.06. The average Bonchev–Trinajstić information content (AvgIpc) is 2.83. The van der Waals surface area contributed by atoms with E-state index in [0.717, 1.165) is 18.0 Å². The van der Waals surface area contributed by atoms with Gasteiger partial charge in [0.1, 0.15) is 12.0 Å². The van der Waals surface area contributed by atoms with Gasteiger partial charge < -0.3 is 14.6 Å². The van der Waals surface area contributed by atoms with Crippen molar-refractivity contribution in [2.75, 3.05) is 6.61 Å². The zero-order valence-corrected chi connectivity index (χ0v) is 9.85. The van der Waals surface area contributed by atoms with Crippen molar-refractivity contribution in [3.8, 4) is 5.75 Å². The van der Waals surface area contributed by atoms with E-state index in [0.29, 0.717) is 13.2 Å². The molecule has 0 bridgehead atoms. The molecular weight excluding hydrogens is 216 g/mol. The van der Waals surface area contributed by atoms with E-state index in [1.165, 1.54) is 5.56 Å². The topological polar surface area (TPSA) is 47.3 Å². The third-order valence-electron chi connectivity index (χ3n) is 2.34. The SMILES string of the molecule is CCOc1cccc(CNCc2ccon2)c1. The monoisotopic (exact) mass is 232 g/mol. The molecule has 1 aromatic carbocycles. The lowest BCUT2D eigenvalue weighted by molar-refractivity contribution is 0.340. The first-order chi connectivity index (χ1) is 8.38. The molecule has 1 N–H and O–H groups in total. The van der Waals surface area contributed by atoms with Gasteiger partial charge in [-0.05, 0) is 24.6 Å². The summed E-state index contributed by atoms with van der Waals surface area (Å²) in [4.78, 5) is 0. The maximum atomic E-state index is 5.44. The van der Waals surface area contributed by atoms with Gasteiger partial charge in [-0.1, -0.05) is 17.3 Å². The molecule has 0 aliphatic rings. The minimum atomic E-state index is 0.690. The second-order valence-electron chi connectivity index (χ2n) is 3.67. The van der Waals surface area contributed by atoms with Crippen LogP contribution in [0.4, 0.5) is 0 Å². The molecule has 1 heterocycles. The molecule has 0 fully saturated rings. The highest BCUT2D eigenvalue weighted by Gasteiger charge is 1.98. The Morgan fingerprint density at radius 3 is 3.00 bits per heavy atom. The van der Waals surface area contributed by atoms with Crippen molar-refractivity contribution in [2.45, 2.75) is 20.0 Å². The Morgan fingerprint density at radius 2 is 2.24 bits per heavy atom. The quantitative estimate of drug-likeness (QED) is 0.830. The first kappa shape index (κ1) is 11.7. The van der Waals surface area contributed by atoms with Crippen molar-refractivity contribution in [2.24, 2.45) is 0 Å². The van der Waals surface area contributed by atoms with Gasteiger partial charge in [0, 0.05) is 19.2 Å². The fourth-order valence-electron chi connectivity index (χ4n) is 1.58. The summed E-state index contributed by atoms with van der Waals surface area (Å²) in [5.41, 5.74) is 2.10. The van der Waals surface area contributed by atoms with Crippen LogP contribution in [-0.4, -0.2) is 11.8 Å². The second kappa shape index (κ2) is 6.06. The van der Waals surface area contributed by atoms with Crippen LogP contribution in [0.3, 0.4) is 0 Å². The minimum absolute atomic E-state index is 0.690. The van der Waals surface area contributed by atoms with Crippen LogP contribution in [0.15, 0.2) is 41.1 Å². The number of hydrogen-bond acceptors (Lipinski definition) is 4. The molecule has 0 atom stereocenters. The van der Waals surface area contributed by atoms with E-state index in [-0.39, 0.29) is 0 Å². The van der Waals surface area contributed by atoms with Crippen LogP contribution in [0.1, 0.15) is 18.2 Å². The summed E-state index contributed by atoms with van der Waals surface area (Å²) in [6.45, 7) is 4.16. The molecule has 0 aliphatic heterocycles. The van der Waals surface area contributed by atoms with E-state index >= 15 is 0 Å². The molecule has 4 heteroatoms. The van der Waals surface area contributed by atoms with Crippen molar-refractivity contribution in [3.63, 3.8) is 0 Å². The molecule has 2 rings (SSSR count). The summed E-state index contributed by atoms with van der Waals surface area (Å²) >= 11 is 0. The Bertz CT molecular complexity index is 440. The smallest absolute Gasteiger partial charge is 0.124 e. The molecule has 0 amide bonds. The van der Waals surface area contributed by atoms with E-state index in [4.69, 9.17) is 9.26 Å². The Balaban J connectivity index is 1.84. The van der Waals surface area contributed by atoms with Crippen LogP contribution >= 0.6 is 0 Å². The number of hydrogen-bond donors (Lipinski definition) is 1. The average molecular weight is 232 g/mol. The van der Waals surface area contributed by atoms with Crippen LogP contribution in [0.5, 0.6) is 5.75 Å². The fourth-order valence-corrected chi connectivity index (χ4v) is 1.58. The van der Waals surface area contributed by atoms with E-state index in [1.54, 1.807) is 6.26 Å². The fraction of sp³-hybridized carbons (Fsp3) is 0.308. The third-order valence-corrected chi connectivity index (χ3v) is 2.34. The van der Waals surface area contributed by atoms with Crippen LogP contribution in [0.2, 0.25) is 0 Å². The highest BCUT2D eigenvalue weighted by molar-refractivity contribution is 5.28. The van der Waals surface area contributed by atoms with Crippen LogP contribution < -0.4 is 10.1 Å². The van der Waals surface area contributed by atoms with Gasteiger partial charge >= 0.3 is 0 Å². The van der Waals surface area contributed by atoms with Crippen LogP contribution in [0, 0.1) is 0 Å². The number of rotatable bonds is 6. The zero-order valence-electron chi connectivity index (χ0n) is 9.85. The lowest BCUT2D eigenvalue weighted by Crippen LogP contribution is -2.12. The largest absolute Gasteiger partial charge is 0.494 e. The number of nitrogens with one attached hydrogen (secondary N) is 1. The van der Waals surface area contributed by atoms with Gasteiger partial charge in [0.05, 0.1) is 12.3 Å². The summed E-state index contributed by atoms with van der Waals surface area (Å²) in [6, 6.07) is 9.92. The van der Waals surface area contributed by atoms with Crippen molar-refractivity contribution >= 4 is 0 Å². The normalized spacial score (nSPS) is 10.4. The van der Waals surface area contributed by atoms with Crippen LogP contribution in [-0.2, 0) is 13.1 Å². The third kappa shape index (κ3) is 3.60. The van der Waals surface area contributed by atoms with Gasteiger partial charge in [-0.2, -0.15) is 0 Å². The summed E-state index contributed by atoms with van der Waals surface area (Å²) in [6.07, 6.45) is 1.58. The molecule has 90 valence electrons. The van der Waals surface area contributed by atoms with Crippen LogP contribution in [0.25, 0.3) is 0 Å². The highest BCUT2D eigenvalue weighted by Crippen LogP contribution is 2.13. The molecule has 1 aromatic heterocycles. The molecule has 0 aliphatic carbocycles. The molecule has 0 unspecified atom stereocenters. The summed E-state index contributed by atoms with van der Waals surface area (Å²) in [5.74, 6) is 0.910. The van der Waals surface area contributed by atoms with Crippen molar-refractivity contribution in [1.29, 1.82) is 0 Å². The Morgan fingerprint density at radius 1 is 1.29 bits per heavy atom. The van der Waals surface area contributed by atoms with Crippen molar-refractivity contribution < 1.29 is 9.26 Å². The van der Waals surface area contributed by atoms with E-state index in [2.05, 4.69) is 16.5 Å². The second-order valence-corrected chi connectivity index (χ2v) is 3.67. The molecule has 0 radical (unpaired) electrons. The van der Waals surface area contributed by atoms with Gasteiger partial charge in [-0.3, -0.25) is 0 Å². The van der Waals surface area contributed by atoms with E-state index in [9.17, 15) is 0 Å². The first-order valence-corrected chi connectivity index (χ1v) is 5.70. The maximum Gasteiger partial charge on any atom is 0.124 e. The maximum absolute atomic E-state index is 5.44. The van der Waals surface area contributed by atoms with Gasteiger partial charge in [-0.15, -0.1) is 0 Å². The molecule has 0 spiro atoms. The van der Waals surface area contributed by atoms with Gasteiger partial charge in [0.25, 0.3) is 0 Å². The zero-order chi connectivity index (χ0) is 11.9. The number of ether oxygens (including phenoxy) is 1. The van der Waals surface area contributed by atoms with Gasteiger partial charge in [0.2, 0.25) is 0 Å². The molecule has 0 saturated heterocycles. The predicted octanol–water partition coefficient (Wildman–Crippen LogP) is 2.36. The van der Waals surface area contributed by atoms with Crippen molar-refractivity contribution in [3.05, 3.63) is 47.9 Å². The lowest BCUT2D eigenvalue weighted by atomic mass is 10.2. The molecule has 17 heavy (non-hydrogen) atoms. The first-order valence-electron chi connectivity index (χ1n) is 5.70. The number of nitrogens with zero attached hydrogens (tertiary/aromatic N) is 1. The Hall–Kier alpha value is -1.81. The summed E-state index contributed by atoms with van der Waals surface area (Å²) in [5, 5.41) is 7.13. The molecule has 2 aromatic rings. The number of benzene rings is 1.